The molecule has 1 fully saturated rings. The number of nitrogens with zero attached hydrogens (tertiary/aromatic N) is 2. The summed E-state index contributed by atoms with van der Waals surface area (Å²) in [5.41, 5.74) is 1.13. The lowest BCUT2D eigenvalue weighted by molar-refractivity contribution is -0.129. The molecule has 1 aliphatic rings. The van der Waals surface area contributed by atoms with Gasteiger partial charge >= 0.3 is 0 Å². The molecule has 8 nitrogen and oxygen atoms in total. The second kappa shape index (κ2) is 10.7. The van der Waals surface area contributed by atoms with Crippen LogP contribution < -0.4 is 10.6 Å². The Labute approximate surface area is 173 Å². The van der Waals surface area contributed by atoms with E-state index in [-0.39, 0.29) is 18.4 Å². The zero-order valence-corrected chi connectivity index (χ0v) is 18.3. The Bertz CT molecular complexity index is 787. The van der Waals surface area contributed by atoms with Gasteiger partial charge in [0.05, 0.1) is 11.4 Å². The van der Waals surface area contributed by atoms with Crippen molar-refractivity contribution in [2.75, 3.05) is 39.3 Å². The number of likely N-dealkylation sites (N-methyl/N-ethyl adjacent to an activating group) is 1. The van der Waals surface area contributed by atoms with E-state index in [4.69, 9.17) is 0 Å². The number of hydrogen-bond donors (Lipinski definition) is 2. The normalized spacial score (nSPS) is 16.9. The first-order valence-corrected chi connectivity index (χ1v) is 11.6. The molecule has 0 unspecified atom stereocenters. The number of carbonyl (C=O) groups is 2. The third kappa shape index (κ3) is 6.52. The molecule has 2 amide bonds. The first-order chi connectivity index (χ1) is 13.8. The highest BCUT2D eigenvalue weighted by Crippen LogP contribution is 2.18. The van der Waals surface area contributed by atoms with Crippen molar-refractivity contribution in [3.8, 4) is 0 Å². The van der Waals surface area contributed by atoms with E-state index in [1.807, 2.05) is 24.0 Å². The highest BCUT2D eigenvalue weighted by atomic mass is 32.2. The van der Waals surface area contributed by atoms with Crippen molar-refractivity contribution in [2.45, 2.75) is 44.6 Å². The molecule has 1 atom stereocenters. The summed E-state index contributed by atoms with van der Waals surface area (Å²) >= 11 is 0. The number of hydrogen-bond acceptors (Lipinski definition) is 5. The minimum absolute atomic E-state index is 0.142. The summed E-state index contributed by atoms with van der Waals surface area (Å²) in [6.45, 7) is 7.80. The van der Waals surface area contributed by atoms with Crippen LogP contribution in [0.15, 0.2) is 29.2 Å². The van der Waals surface area contributed by atoms with Gasteiger partial charge in [0.15, 0.2) is 0 Å². The van der Waals surface area contributed by atoms with Crippen molar-refractivity contribution in [3.63, 3.8) is 0 Å². The number of rotatable bonds is 9. The number of nitrogens with one attached hydrogen (secondary N) is 2. The van der Waals surface area contributed by atoms with Gasteiger partial charge in [-0.2, -0.15) is 4.31 Å². The Morgan fingerprint density at radius 3 is 2.24 bits per heavy atom. The number of carbonyl (C=O) groups excluding carboxylic acids is 2. The molecule has 29 heavy (non-hydrogen) atoms. The van der Waals surface area contributed by atoms with Crippen LogP contribution in [0.4, 0.5) is 0 Å². The minimum Gasteiger partial charge on any atom is -0.355 e. The summed E-state index contributed by atoms with van der Waals surface area (Å²) in [4.78, 5) is 26.1. The largest absolute Gasteiger partial charge is 0.355 e. The molecule has 0 aliphatic carbocycles. The van der Waals surface area contributed by atoms with Gasteiger partial charge in [0.25, 0.3) is 0 Å². The van der Waals surface area contributed by atoms with E-state index in [2.05, 4.69) is 17.6 Å². The van der Waals surface area contributed by atoms with E-state index in [1.54, 1.807) is 19.1 Å². The van der Waals surface area contributed by atoms with E-state index >= 15 is 0 Å². The van der Waals surface area contributed by atoms with Gasteiger partial charge in [-0.15, -0.1) is 0 Å². The smallest absolute Gasteiger partial charge is 0.243 e. The van der Waals surface area contributed by atoms with Gasteiger partial charge < -0.3 is 10.6 Å². The summed E-state index contributed by atoms with van der Waals surface area (Å²) in [5, 5.41) is 5.33. The third-order valence-electron chi connectivity index (χ3n) is 4.92. The van der Waals surface area contributed by atoms with Crippen LogP contribution in [-0.2, 0) is 26.0 Å². The van der Waals surface area contributed by atoms with Crippen molar-refractivity contribution < 1.29 is 18.0 Å². The Morgan fingerprint density at radius 2 is 1.69 bits per heavy atom. The molecule has 0 bridgehead atoms. The predicted octanol–water partition coefficient (Wildman–Crippen LogP) is 0.586. The van der Waals surface area contributed by atoms with Crippen molar-refractivity contribution in [3.05, 3.63) is 29.8 Å². The van der Waals surface area contributed by atoms with Crippen molar-refractivity contribution in [1.82, 2.24) is 19.8 Å². The highest BCUT2D eigenvalue weighted by Gasteiger charge is 2.29. The monoisotopic (exact) mass is 424 g/mol. The first kappa shape index (κ1) is 23.3. The van der Waals surface area contributed by atoms with Gasteiger partial charge in [0.2, 0.25) is 21.8 Å². The van der Waals surface area contributed by atoms with Crippen LogP contribution in [0.2, 0.25) is 0 Å². The average Bonchev–Trinajstić information content (AvgIpc) is 2.69. The van der Waals surface area contributed by atoms with Crippen LogP contribution in [0.1, 0.15) is 32.8 Å². The van der Waals surface area contributed by atoms with E-state index in [0.29, 0.717) is 37.6 Å². The first-order valence-electron chi connectivity index (χ1n) is 10.2. The summed E-state index contributed by atoms with van der Waals surface area (Å²) in [6, 6.07) is 6.48. The van der Waals surface area contributed by atoms with Gasteiger partial charge in [-0.1, -0.05) is 25.5 Å². The van der Waals surface area contributed by atoms with Gasteiger partial charge in [0, 0.05) is 32.7 Å². The van der Waals surface area contributed by atoms with Crippen LogP contribution in [-0.4, -0.2) is 74.7 Å². The maximum absolute atomic E-state index is 12.9. The maximum atomic E-state index is 12.9. The molecule has 9 heteroatoms. The van der Waals surface area contributed by atoms with Gasteiger partial charge in [-0.25, -0.2) is 8.42 Å². The lowest BCUT2D eigenvalue weighted by Crippen LogP contribution is -2.53. The molecule has 0 saturated carbocycles. The molecule has 2 rings (SSSR count). The molecule has 0 aromatic heterocycles. The lowest BCUT2D eigenvalue weighted by Gasteiger charge is -2.33. The quantitative estimate of drug-likeness (QED) is 0.604. The molecule has 1 aromatic carbocycles. The highest BCUT2D eigenvalue weighted by molar-refractivity contribution is 7.89. The lowest BCUT2D eigenvalue weighted by atomic mass is 10.1. The number of benzene rings is 1. The summed E-state index contributed by atoms with van der Waals surface area (Å²) in [7, 11) is -3.53. The van der Waals surface area contributed by atoms with E-state index in [0.717, 1.165) is 18.4 Å². The van der Waals surface area contributed by atoms with Crippen LogP contribution in [0.3, 0.4) is 0 Å². The molecule has 1 saturated heterocycles. The number of amides is 2. The molecule has 162 valence electrons. The van der Waals surface area contributed by atoms with E-state index < -0.39 is 16.1 Å². The Morgan fingerprint density at radius 1 is 1.07 bits per heavy atom. The molecule has 1 aromatic rings. The standard InChI is InChI=1S/C20H32N4O4S/c1-4-6-17-7-9-18(10-8-17)29(27,28)24-13-11-23(12-14-24)15-19(25)22-16(3)20(26)21-5-2/h7-10,16H,4-6,11-15H2,1-3H3,(H,21,26)(H,22,25)/t16-/m0/s1. The zero-order chi connectivity index (χ0) is 21.4. The SMILES string of the molecule is CCCc1ccc(S(=O)(=O)N2CCN(CC(=O)N[C@@H](C)C(=O)NCC)CC2)cc1. The average molecular weight is 425 g/mol. The second-order valence-electron chi connectivity index (χ2n) is 7.26. The Hall–Kier alpha value is -1.97. The molecule has 0 spiro atoms. The van der Waals surface area contributed by atoms with Crippen molar-refractivity contribution in [1.29, 1.82) is 0 Å². The van der Waals surface area contributed by atoms with Gasteiger partial charge in [-0.05, 0) is 38.0 Å². The Kier molecular flexibility index (Phi) is 8.60. The summed E-state index contributed by atoms with van der Waals surface area (Å²) in [6.07, 6.45) is 1.95. The molecule has 2 N–H and O–H groups in total. The van der Waals surface area contributed by atoms with Gasteiger partial charge in [0.1, 0.15) is 6.04 Å². The van der Waals surface area contributed by atoms with Crippen LogP contribution >= 0.6 is 0 Å². The molecule has 1 heterocycles. The second-order valence-corrected chi connectivity index (χ2v) is 9.20. The molecule has 0 radical (unpaired) electrons. The number of aryl methyl sites for hydroxylation is 1. The fourth-order valence-corrected chi connectivity index (χ4v) is 4.70. The fourth-order valence-electron chi connectivity index (χ4n) is 3.28. The van der Waals surface area contributed by atoms with E-state index in [1.165, 1.54) is 4.31 Å². The molecular formula is C20H32N4O4S. The van der Waals surface area contributed by atoms with Crippen LogP contribution in [0, 0.1) is 0 Å². The van der Waals surface area contributed by atoms with Crippen LogP contribution in [0.5, 0.6) is 0 Å². The Balaban J connectivity index is 1.86. The topological polar surface area (TPSA) is 98.8 Å². The third-order valence-corrected chi connectivity index (χ3v) is 6.83. The summed E-state index contributed by atoms with van der Waals surface area (Å²) < 4.78 is 27.2. The number of piperazine rings is 1. The zero-order valence-electron chi connectivity index (χ0n) is 17.5. The van der Waals surface area contributed by atoms with Gasteiger partial charge in [-0.3, -0.25) is 14.5 Å². The molecular weight excluding hydrogens is 392 g/mol. The van der Waals surface area contributed by atoms with E-state index in [9.17, 15) is 18.0 Å². The van der Waals surface area contributed by atoms with Crippen LogP contribution in [0.25, 0.3) is 0 Å². The predicted molar refractivity (Wildman–Crippen MR) is 112 cm³/mol. The fraction of sp³-hybridized carbons (Fsp3) is 0.600. The molecule has 1 aliphatic heterocycles. The summed E-state index contributed by atoms with van der Waals surface area (Å²) in [5.74, 6) is -0.465. The maximum Gasteiger partial charge on any atom is 0.243 e. The van der Waals surface area contributed by atoms with Crippen molar-refractivity contribution in [2.24, 2.45) is 0 Å². The minimum atomic E-state index is -3.53. The number of sulfonamides is 1. The van der Waals surface area contributed by atoms with Crippen molar-refractivity contribution >= 4 is 21.8 Å².